The molecule has 0 radical (unpaired) electrons. The normalized spacial score (nSPS) is 22.3. The van der Waals surface area contributed by atoms with Crippen molar-refractivity contribution in [3.8, 4) is 0 Å². The number of nitrogens with zero attached hydrogens (tertiary/aromatic N) is 3. The van der Waals surface area contributed by atoms with Crippen LogP contribution in [0.2, 0.25) is 0 Å². The molecule has 6 nitrogen and oxygen atoms in total. The first kappa shape index (κ1) is 18.7. The predicted molar refractivity (Wildman–Crippen MR) is 98.8 cm³/mol. The molecule has 26 heavy (non-hydrogen) atoms. The van der Waals surface area contributed by atoms with Crippen molar-refractivity contribution in [2.75, 3.05) is 19.7 Å². The van der Waals surface area contributed by atoms with Gasteiger partial charge in [-0.2, -0.15) is 0 Å². The van der Waals surface area contributed by atoms with Crippen LogP contribution in [-0.4, -0.2) is 47.2 Å². The van der Waals surface area contributed by atoms with E-state index in [1.807, 2.05) is 18.2 Å². The van der Waals surface area contributed by atoms with E-state index in [1.54, 1.807) is 22.6 Å². The number of amides is 1. The summed E-state index contributed by atoms with van der Waals surface area (Å²) in [4.78, 5) is 31.6. The number of likely N-dealkylation sites (tertiary alicyclic amines) is 1. The second-order valence-electron chi connectivity index (χ2n) is 7.17. The molecule has 2 aliphatic rings. The van der Waals surface area contributed by atoms with Gasteiger partial charge in [-0.15, -0.1) is 0 Å². The standard InChI is InChI=1S/C20H29N3O3/c1-2-26-20(25)22-13-8-9-16(15-22)19(24)23-14-7-6-12-18(23)21-17-10-4-3-5-11-17/h6-7,12,14,16-17H,2-5,8-11,13,15H2,1H3. The monoisotopic (exact) mass is 359 g/mol. The Balaban J connectivity index is 1.77. The first-order chi connectivity index (χ1) is 12.7. The molecular formula is C20H29N3O3. The largest absolute Gasteiger partial charge is 0.450 e. The fourth-order valence-electron chi connectivity index (χ4n) is 3.88. The summed E-state index contributed by atoms with van der Waals surface area (Å²) >= 11 is 0. The minimum absolute atomic E-state index is 0.0224. The zero-order chi connectivity index (χ0) is 18.4. The first-order valence-electron chi connectivity index (χ1n) is 9.86. The van der Waals surface area contributed by atoms with Gasteiger partial charge in [0.15, 0.2) is 0 Å². The number of pyridine rings is 1. The number of carbonyl (C=O) groups excluding carboxylic acids is 2. The Morgan fingerprint density at radius 1 is 1.15 bits per heavy atom. The molecule has 1 saturated heterocycles. The average molecular weight is 359 g/mol. The van der Waals surface area contributed by atoms with Crippen molar-refractivity contribution in [3.05, 3.63) is 29.9 Å². The highest BCUT2D eigenvalue weighted by atomic mass is 16.6. The molecule has 1 atom stereocenters. The molecule has 1 aliphatic carbocycles. The number of piperidine rings is 1. The summed E-state index contributed by atoms with van der Waals surface area (Å²) in [6.45, 7) is 3.22. The second kappa shape index (κ2) is 9.01. The molecular weight excluding hydrogens is 330 g/mol. The Morgan fingerprint density at radius 2 is 1.96 bits per heavy atom. The maximum atomic E-state index is 13.1. The van der Waals surface area contributed by atoms with Gasteiger partial charge < -0.3 is 9.64 Å². The van der Waals surface area contributed by atoms with Gasteiger partial charge in [-0.05, 0) is 44.7 Å². The Bertz CT molecular complexity index is 692. The van der Waals surface area contributed by atoms with E-state index in [9.17, 15) is 9.59 Å². The van der Waals surface area contributed by atoms with Gasteiger partial charge in [0.05, 0.1) is 18.6 Å². The molecule has 2 fully saturated rings. The first-order valence-corrected chi connectivity index (χ1v) is 9.86. The van der Waals surface area contributed by atoms with Crippen molar-refractivity contribution in [3.63, 3.8) is 0 Å². The predicted octanol–water partition coefficient (Wildman–Crippen LogP) is 3.23. The number of rotatable bonds is 3. The summed E-state index contributed by atoms with van der Waals surface area (Å²) in [7, 11) is 0. The molecule has 0 bridgehead atoms. The van der Waals surface area contributed by atoms with Crippen LogP contribution in [0.1, 0.15) is 56.7 Å². The van der Waals surface area contributed by atoms with Crippen LogP contribution in [0.4, 0.5) is 4.79 Å². The lowest BCUT2D eigenvalue weighted by Gasteiger charge is -2.31. The Hall–Kier alpha value is -2.11. The van der Waals surface area contributed by atoms with Crippen LogP contribution in [0.15, 0.2) is 29.4 Å². The van der Waals surface area contributed by atoms with Crippen molar-refractivity contribution in [1.82, 2.24) is 9.47 Å². The average Bonchev–Trinajstić information content (AvgIpc) is 2.69. The minimum atomic E-state index is -0.324. The molecule has 1 aliphatic heterocycles. The van der Waals surface area contributed by atoms with Gasteiger partial charge in [0.25, 0.3) is 0 Å². The molecule has 1 amide bonds. The summed E-state index contributed by atoms with van der Waals surface area (Å²) in [5.74, 6) is -0.185. The van der Waals surface area contributed by atoms with Gasteiger partial charge in [-0.1, -0.05) is 25.3 Å². The van der Waals surface area contributed by atoms with Crippen LogP contribution in [0.25, 0.3) is 0 Å². The number of hydrogen-bond acceptors (Lipinski definition) is 4. The maximum absolute atomic E-state index is 13.1. The highest BCUT2D eigenvalue weighted by molar-refractivity contribution is 5.82. The van der Waals surface area contributed by atoms with Crippen LogP contribution < -0.4 is 5.49 Å². The topological polar surface area (TPSA) is 63.9 Å². The third-order valence-electron chi connectivity index (χ3n) is 5.26. The minimum Gasteiger partial charge on any atom is -0.450 e. The van der Waals surface area contributed by atoms with Crippen molar-refractivity contribution in [2.24, 2.45) is 10.9 Å². The molecule has 1 unspecified atom stereocenters. The van der Waals surface area contributed by atoms with Gasteiger partial charge in [0, 0.05) is 19.3 Å². The van der Waals surface area contributed by atoms with Crippen LogP contribution in [0.3, 0.4) is 0 Å². The summed E-state index contributed by atoms with van der Waals surface area (Å²) in [6, 6.07) is 6.02. The molecule has 0 aromatic carbocycles. The molecule has 0 spiro atoms. The molecule has 1 aromatic rings. The van der Waals surface area contributed by atoms with Gasteiger partial charge in [-0.3, -0.25) is 14.4 Å². The third kappa shape index (κ3) is 4.54. The summed E-state index contributed by atoms with van der Waals surface area (Å²) in [5.41, 5.74) is 0.734. The van der Waals surface area contributed by atoms with Gasteiger partial charge in [0.1, 0.15) is 5.49 Å². The lowest BCUT2D eigenvalue weighted by molar-refractivity contribution is 0.0661. The highest BCUT2D eigenvalue weighted by Crippen LogP contribution is 2.20. The number of ether oxygens (including phenoxy) is 1. The van der Waals surface area contributed by atoms with E-state index in [0.717, 1.165) is 31.2 Å². The van der Waals surface area contributed by atoms with E-state index in [4.69, 9.17) is 9.73 Å². The van der Waals surface area contributed by atoms with Crippen molar-refractivity contribution in [2.45, 2.75) is 57.9 Å². The zero-order valence-electron chi connectivity index (χ0n) is 15.6. The van der Waals surface area contributed by atoms with Crippen LogP contribution in [-0.2, 0) is 4.74 Å². The SMILES string of the molecule is CCOC(=O)N1CCCC(C(=O)n2ccccc2=NC2CCCCC2)C1. The van der Waals surface area contributed by atoms with Crippen LogP contribution in [0, 0.1) is 5.92 Å². The van der Waals surface area contributed by atoms with E-state index in [-0.39, 0.29) is 17.9 Å². The summed E-state index contributed by atoms with van der Waals surface area (Å²) in [5, 5.41) is 0. The van der Waals surface area contributed by atoms with E-state index < -0.39 is 0 Å². The Kier molecular flexibility index (Phi) is 6.47. The number of hydrogen-bond donors (Lipinski definition) is 0. The van der Waals surface area contributed by atoms with Crippen molar-refractivity contribution >= 4 is 12.0 Å². The van der Waals surface area contributed by atoms with Crippen LogP contribution in [0.5, 0.6) is 0 Å². The van der Waals surface area contributed by atoms with Gasteiger partial charge in [-0.25, -0.2) is 4.79 Å². The number of aromatic nitrogens is 1. The second-order valence-corrected chi connectivity index (χ2v) is 7.17. The fourth-order valence-corrected chi connectivity index (χ4v) is 3.88. The smallest absolute Gasteiger partial charge is 0.409 e. The molecule has 1 saturated carbocycles. The molecule has 6 heteroatoms. The summed E-state index contributed by atoms with van der Waals surface area (Å²) in [6.07, 6.45) is 9.00. The van der Waals surface area contributed by atoms with Gasteiger partial charge in [0.2, 0.25) is 5.91 Å². The van der Waals surface area contributed by atoms with E-state index in [0.29, 0.717) is 25.7 Å². The van der Waals surface area contributed by atoms with Crippen molar-refractivity contribution in [1.29, 1.82) is 0 Å². The molecule has 142 valence electrons. The third-order valence-corrected chi connectivity index (χ3v) is 5.26. The Morgan fingerprint density at radius 3 is 2.73 bits per heavy atom. The lowest BCUT2D eigenvalue weighted by Crippen LogP contribution is -2.45. The van der Waals surface area contributed by atoms with Gasteiger partial charge >= 0.3 is 6.09 Å². The molecule has 3 rings (SSSR count). The Labute approximate surface area is 154 Å². The molecule has 0 N–H and O–H groups in total. The van der Waals surface area contributed by atoms with Crippen LogP contribution >= 0.6 is 0 Å². The highest BCUT2D eigenvalue weighted by Gasteiger charge is 2.30. The van der Waals surface area contributed by atoms with E-state index >= 15 is 0 Å². The number of carbonyl (C=O) groups is 2. The molecule has 1 aromatic heterocycles. The summed E-state index contributed by atoms with van der Waals surface area (Å²) < 4.78 is 6.76. The fraction of sp³-hybridized carbons (Fsp3) is 0.650. The zero-order valence-corrected chi connectivity index (χ0v) is 15.6. The van der Waals surface area contributed by atoms with E-state index in [1.165, 1.54) is 19.3 Å². The van der Waals surface area contributed by atoms with Crippen molar-refractivity contribution < 1.29 is 14.3 Å². The maximum Gasteiger partial charge on any atom is 0.409 e. The lowest BCUT2D eigenvalue weighted by atomic mass is 9.96. The van der Waals surface area contributed by atoms with E-state index in [2.05, 4.69) is 0 Å². The quantitative estimate of drug-likeness (QED) is 0.832. The molecule has 2 heterocycles.